The molecule has 0 bridgehead atoms. The number of aliphatic hydroxyl groups is 1. The maximum Gasteiger partial charge on any atom is 0.335 e. The first-order valence-corrected chi connectivity index (χ1v) is 6.01. The van der Waals surface area contributed by atoms with Crippen LogP contribution in [0.25, 0.3) is 0 Å². The molecule has 0 spiro atoms. The molecule has 0 radical (unpaired) electrons. The number of benzene rings is 1. The van der Waals surface area contributed by atoms with E-state index in [1.54, 1.807) is 24.3 Å². The summed E-state index contributed by atoms with van der Waals surface area (Å²) in [6.07, 6.45) is 1.11. The van der Waals surface area contributed by atoms with Crippen LogP contribution in [-0.2, 0) is 4.79 Å². The molecule has 1 saturated heterocycles. The lowest BCUT2D eigenvalue weighted by Crippen LogP contribution is -2.39. The van der Waals surface area contributed by atoms with Gasteiger partial charge in [0.15, 0.2) is 5.60 Å². The lowest BCUT2D eigenvalue weighted by atomic mass is 9.95. The van der Waals surface area contributed by atoms with E-state index < -0.39 is 11.6 Å². The second-order valence-corrected chi connectivity index (χ2v) is 4.69. The largest absolute Gasteiger partial charge is 0.508 e. The van der Waals surface area contributed by atoms with Gasteiger partial charge in [0.05, 0.1) is 0 Å². The van der Waals surface area contributed by atoms with Gasteiger partial charge in [0, 0.05) is 25.2 Å². The molecule has 0 amide bonds. The Morgan fingerprint density at radius 2 is 1.83 bits per heavy atom. The Morgan fingerprint density at radius 3 is 2.44 bits per heavy atom. The lowest BCUT2D eigenvalue weighted by Gasteiger charge is -2.24. The third-order valence-electron chi connectivity index (χ3n) is 3.43. The first kappa shape index (κ1) is 12.7. The quantitative estimate of drug-likeness (QED) is 0.735. The number of hydrogen-bond donors (Lipinski definition) is 3. The van der Waals surface area contributed by atoms with Gasteiger partial charge in [-0.05, 0) is 37.1 Å². The number of rotatable bonds is 2. The number of phenolic OH excluding ortho intramolecular Hbond substituents is 1. The molecule has 1 aliphatic rings. The van der Waals surface area contributed by atoms with Crippen molar-refractivity contribution in [3.05, 3.63) is 24.3 Å². The first-order chi connectivity index (χ1) is 8.51. The van der Waals surface area contributed by atoms with Crippen molar-refractivity contribution in [1.82, 2.24) is 0 Å². The summed E-state index contributed by atoms with van der Waals surface area (Å²) in [5.41, 5.74) is -0.673. The molecule has 5 nitrogen and oxygen atoms in total. The zero-order chi connectivity index (χ0) is 13.2. The van der Waals surface area contributed by atoms with E-state index in [1.165, 1.54) is 0 Å². The Bertz CT molecular complexity index is 431. The summed E-state index contributed by atoms with van der Waals surface area (Å²) in [5.74, 6) is -0.939. The van der Waals surface area contributed by atoms with Crippen molar-refractivity contribution >= 4 is 11.7 Å². The third-order valence-corrected chi connectivity index (χ3v) is 3.43. The van der Waals surface area contributed by atoms with Crippen molar-refractivity contribution in [3.63, 3.8) is 0 Å². The van der Waals surface area contributed by atoms with Gasteiger partial charge in [0.1, 0.15) is 5.75 Å². The van der Waals surface area contributed by atoms with Crippen LogP contribution in [0.2, 0.25) is 0 Å². The average molecular weight is 251 g/mol. The van der Waals surface area contributed by atoms with Crippen LogP contribution in [0, 0.1) is 0 Å². The SMILES string of the molecule is O=C(O)C1(O)CCCN(c2ccc(O)cc2)CC1. The average Bonchev–Trinajstić information content (AvgIpc) is 2.54. The molecule has 1 aliphatic heterocycles. The molecule has 1 unspecified atom stereocenters. The molecule has 5 heteroatoms. The molecule has 1 atom stereocenters. The van der Waals surface area contributed by atoms with Crippen molar-refractivity contribution < 1.29 is 20.1 Å². The molecule has 3 N–H and O–H groups in total. The highest BCUT2D eigenvalue weighted by Gasteiger charge is 2.37. The number of anilines is 1. The lowest BCUT2D eigenvalue weighted by molar-refractivity contribution is -0.159. The highest BCUT2D eigenvalue weighted by Crippen LogP contribution is 2.26. The topological polar surface area (TPSA) is 81.0 Å². The summed E-state index contributed by atoms with van der Waals surface area (Å²) >= 11 is 0. The monoisotopic (exact) mass is 251 g/mol. The Morgan fingerprint density at radius 1 is 1.17 bits per heavy atom. The number of carboxylic acids is 1. The summed E-state index contributed by atoms with van der Waals surface area (Å²) in [6, 6.07) is 6.79. The molecule has 18 heavy (non-hydrogen) atoms. The fourth-order valence-electron chi connectivity index (χ4n) is 2.25. The summed E-state index contributed by atoms with van der Waals surface area (Å²) < 4.78 is 0. The zero-order valence-corrected chi connectivity index (χ0v) is 10.0. The first-order valence-electron chi connectivity index (χ1n) is 6.01. The smallest absolute Gasteiger partial charge is 0.335 e. The Labute approximate surface area is 105 Å². The summed E-state index contributed by atoms with van der Waals surface area (Å²) in [7, 11) is 0. The van der Waals surface area contributed by atoms with Gasteiger partial charge in [-0.2, -0.15) is 0 Å². The molecule has 1 aromatic carbocycles. The van der Waals surface area contributed by atoms with Gasteiger partial charge < -0.3 is 20.2 Å². The predicted molar refractivity (Wildman–Crippen MR) is 66.8 cm³/mol. The van der Waals surface area contributed by atoms with Crippen molar-refractivity contribution in [2.45, 2.75) is 24.9 Å². The number of hydrogen-bond acceptors (Lipinski definition) is 4. The number of nitrogens with zero attached hydrogens (tertiary/aromatic N) is 1. The van der Waals surface area contributed by atoms with Crippen LogP contribution < -0.4 is 4.90 Å². The molecule has 1 fully saturated rings. The van der Waals surface area contributed by atoms with Crippen molar-refractivity contribution in [3.8, 4) is 5.75 Å². The molecular formula is C13H17NO4. The van der Waals surface area contributed by atoms with Crippen LogP contribution in [0.15, 0.2) is 24.3 Å². The highest BCUT2D eigenvalue weighted by molar-refractivity contribution is 5.77. The van der Waals surface area contributed by atoms with E-state index in [-0.39, 0.29) is 18.6 Å². The number of aromatic hydroxyl groups is 1. The summed E-state index contributed by atoms with van der Waals surface area (Å²) in [5, 5.41) is 28.2. The van der Waals surface area contributed by atoms with E-state index in [4.69, 9.17) is 5.11 Å². The molecule has 2 rings (SSSR count). The molecule has 0 aliphatic carbocycles. The van der Waals surface area contributed by atoms with Gasteiger partial charge in [0.2, 0.25) is 0 Å². The van der Waals surface area contributed by atoms with Crippen LogP contribution >= 0.6 is 0 Å². The fourth-order valence-corrected chi connectivity index (χ4v) is 2.25. The van der Waals surface area contributed by atoms with Crippen LogP contribution in [0.1, 0.15) is 19.3 Å². The Hall–Kier alpha value is -1.75. The number of carbonyl (C=O) groups is 1. The van der Waals surface area contributed by atoms with Crippen LogP contribution in [0.5, 0.6) is 5.75 Å². The minimum absolute atomic E-state index is 0.204. The van der Waals surface area contributed by atoms with Crippen molar-refractivity contribution in [1.29, 1.82) is 0 Å². The Balaban J connectivity index is 2.09. The molecule has 98 valence electrons. The van der Waals surface area contributed by atoms with Crippen molar-refractivity contribution in [2.24, 2.45) is 0 Å². The highest BCUT2D eigenvalue weighted by atomic mass is 16.4. The second kappa shape index (κ2) is 4.86. The van der Waals surface area contributed by atoms with Gasteiger partial charge in [-0.15, -0.1) is 0 Å². The molecule has 1 aromatic rings. The van der Waals surface area contributed by atoms with E-state index in [0.29, 0.717) is 19.5 Å². The minimum atomic E-state index is -1.61. The van der Waals surface area contributed by atoms with Crippen LogP contribution in [0.3, 0.4) is 0 Å². The van der Waals surface area contributed by atoms with E-state index in [1.807, 2.05) is 4.90 Å². The maximum absolute atomic E-state index is 11.0. The van der Waals surface area contributed by atoms with Gasteiger partial charge in [-0.1, -0.05) is 0 Å². The number of aliphatic carboxylic acids is 1. The molecule has 1 heterocycles. The molecular weight excluding hydrogens is 234 g/mol. The molecule has 0 saturated carbocycles. The third kappa shape index (κ3) is 2.56. The van der Waals surface area contributed by atoms with Gasteiger partial charge in [0.25, 0.3) is 0 Å². The minimum Gasteiger partial charge on any atom is -0.508 e. The second-order valence-electron chi connectivity index (χ2n) is 4.69. The summed E-state index contributed by atoms with van der Waals surface area (Å²) in [6.45, 7) is 1.20. The number of phenols is 1. The van der Waals surface area contributed by atoms with Crippen molar-refractivity contribution in [2.75, 3.05) is 18.0 Å². The van der Waals surface area contributed by atoms with E-state index in [0.717, 1.165) is 5.69 Å². The normalized spacial score (nSPS) is 24.6. The fraction of sp³-hybridized carbons (Fsp3) is 0.462. The predicted octanol–water partition coefficient (Wildman–Crippen LogP) is 1.20. The van der Waals surface area contributed by atoms with Gasteiger partial charge >= 0.3 is 5.97 Å². The van der Waals surface area contributed by atoms with Crippen LogP contribution in [0.4, 0.5) is 5.69 Å². The standard InChI is InChI=1S/C13H17NO4/c15-11-4-2-10(3-5-11)14-8-1-6-13(18,7-9-14)12(16)17/h2-5,15,18H,1,6-9H2,(H,16,17). The summed E-state index contributed by atoms with van der Waals surface area (Å²) in [4.78, 5) is 13.0. The van der Waals surface area contributed by atoms with E-state index in [9.17, 15) is 15.0 Å². The van der Waals surface area contributed by atoms with E-state index in [2.05, 4.69) is 0 Å². The maximum atomic E-state index is 11.0. The van der Waals surface area contributed by atoms with Gasteiger partial charge in [-0.25, -0.2) is 4.79 Å². The van der Waals surface area contributed by atoms with Gasteiger partial charge in [-0.3, -0.25) is 0 Å². The zero-order valence-electron chi connectivity index (χ0n) is 10.0. The van der Waals surface area contributed by atoms with E-state index >= 15 is 0 Å². The van der Waals surface area contributed by atoms with Crippen LogP contribution in [-0.4, -0.2) is 40.0 Å². The number of carboxylic acid groups (broad SMARTS) is 1. The molecule has 0 aromatic heterocycles. The Kier molecular flexibility index (Phi) is 3.43.